The lowest BCUT2D eigenvalue weighted by Gasteiger charge is -2.29. The summed E-state index contributed by atoms with van der Waals surface area (Å²) in [5.41, 5.74) is 3.93. The standard InChI is InChI=1S/C27H34N2O3/c1-18-14-26(31-17-22-4-5-22)16-28-27(18)15-21-6-10-24(11-7-21)32-25-12-8-23(9-13-25)19(2)29-20(3)30/h8-9,12-14,16,21-22,24H,2,4-7,10-11,15,17H2,1,3H3,(H,29,30). The van der Waals surface area contributed by atoms with Crippen molar-refractivity contribution >= 4 is 11.6 Å². The molecule has 1 heterocycles. The second-order valence-corrected chi connectivity index (χ2v) is 9.34. The van der Waals surface area contributed by atoms with Crippen LogP contribution in [0.1, 0.15) is 62.3 Å². The van der Waals surface area contributed by atoms with Gasteiger partial charge in [0.05, 0.1) is 18.9 Å². The molecule has 2 aliphatic carbocycles. The van der Waals surface area contributed by atoms with Crippen LogP contribution in [0.5, 0.6) is 11.5 Å². The molecule has 0 aliphatic heterocycles. The van der Waals surface area contributed by atoms with Crippen molar-refractivity contribution in [3.63, 3.8) is 0 Å². The number of rotatable bonds is 9. The number of carbonyl (C=O) groups is 1. The van der Waals surface area contributed by atoms with Gasteiger partial charge in [0.25, 0.3) is 0 Å². The Hall–Kier alpha value is -2.82. The van der Waals surface area contributed by atoms with Crippen LogP contribution in [0, 0.1) is 18.8 Å². The minimum atomic E-state index is -0.115. The SMILES string of the molecule is C=C(NC(C)=O)c1ccc(OC2CCC(Cc3ncc(OCC4CC4)cc3C)CC2)cc1. The normalized spacial score (nSPS) is 20.4. The van der Waals surface area contributed by atoms with Crippen LogP contribution in [0.3, 0.4) is 0 Å². The molecule has 4 rings (SSSR count). The molecule has 2 aromatic rings. The number of pyridine rings is 1. The van der Waals surface area contributed by atoms with Gasteiger partial charge in [0.15, 0.2) is 0 Å². The average molecular weight is 435 g/mol. The molecular weight excluding hydrogens is 400 g/mol. The summed E-state index contributed by atoms with van der Waals surface area (Å²) in [7, 11) is 0. The Balaban J connectivity index is 1.22. The molecule has 0 saturated heterocycles. The molecule has 5 nitrogen and oxygen atoms in total. The predicted octanol–water partition coefficient (Wildman–Crippen LogP) is 5.47. The van der Waals surface area contributed by atoms with Crippen molar-refractivity contribution < 1.29 is 14.3 Å². The molecule has 5 heteroatoms. The highest BCUT2D eigenvalue weighted by Crippen LogP contribution is 2.32. The first-order valence-electron chi connectivity index (χ1n) is 11.8. The maximum atomic E-state index is 11.2. The molecule has 2 saturated carbocycles. The van der Waals surface area contributed by atoms with Gasteiger partial charge in [-0.25, -0.2) is 0 Å². The number of aryl methyl sites for hydroxylation is 1. The van der Waals surface area contributed by atoms with Crippen LogP contribution in [0.15, 0.2) is 43.1 Å². The van der Waals surface area contributed by atoms with Gasteiger partial charge in [-0.2, -0.15) is 0 Å². The summed E-state index contributed by atoms with van der Waals surface area (Å²) < 4.78 is 12.1. The maximum Gasteiger partial charge on any atom is 0.221 e. The third kappa shape index (κ3) is 6.35. The smallest absolute Gasteiger partial charge is 0.221 e. The van der Waals surface area contributed by atoms with Gasteiger partial charge in [-0.15, -0.1) is 0 Å². The van der Waals surface area contributed by atoms with E-state index in [1.165, 1.54) is 31.0 Å². The Kier molecular flexibility index (Phi) is 7.13. The van der Waals surface area contributed by atoms with E-state index in [0.29, 0.717) is 11.6 Å². The van der Waals surface area contributed by atoms with E-state index >= 15 is 0 Å². The minimum Gasteiger partial charge on any atom is -0.492 e. The summed E-state index contributed by atoms with van der Waals surface area (Å²) >= 11 is 0. The predicted molar refractivity (Wildman–Crippen MR) is 127 cm³/mol. The maximum absolute atomic E-state index is 11.2. The highest BCUT2D eigenvalue weighted by atomic mass is 16.5. The molecule has 1 aromatic heterocycles. The van der Waals surface area contributed by atoms with Gasteiger partial charge in [0, 0.05) is 18.3 Å². The molecule has 1 N–H and O–H groups in total. The number of nitrogens with zero attached hydrogens (tertiary/aromatic N) is 1. The fraction of sp³-hybridized carbons (Fsp3) is 0.481. The van der Waals surface area contributed by atoms with Crippen molar-refractivity contribution in [2.45, 2.75) is 64.9 Å². The van der Waals surface area contributed by atoms with E-state index in [1.807, 2.05) is 30.5 Å². The molecule has 0 atom stereocenters. The van der Waals surface area contributed by atoms with E-state index in [9.17, 15) is 4.79 Å². The molecule has 2 fully saturated rings. The van der Waals surface area contributed by atoms with Gasteiger partial charge in [-0.05, 0) is 105 Å². The topological polar surface area (TPSA) is 60.5 Å². The second kappa shape index (κ2) is 10.2. The first kappa shape index (κ1) is 22.4. The van der Waals surface area contributed by atoms with Crippen LogP contribution in [0.2, 0.25) is 0 Å². The van der Waals surface area contributed by atoms with Crippen LogP contribution in [0.25, 0.3) is 5.70 Å². The number of amides is 1. The molecule has 0 spiro atoms. The third-order valence-electron chi connectivity index (χ3n) is 6.45. The Morgan fingerprint density at radius 3 is 2.38 bits per heavy atom. The van der Waals surface area contributed by atoms with Gasteiger partial charge < -0.3 is 14.8 Å². The third-order valence-corrected chi connectivity index (χ3v) is 6.45. The summed E-state index contributed by atoms with van der Waals surface area (Å²) in [5, 5.41) is 2.72. The zero-order chi connectivity index (χ0) is 22.5. The summed E-state index contributed by atoms with van der Waals surface area (Å²) in [6, 6.07) is 9.92. The second-order valence-electron chi connectivity index (χ2n) is 9.34. The van der Waals surface area contributed by atoms with Crippen molar-refractivity contribution in [3.05, 3.63) is 59.9 Å². The molecule has 0 unspecified atom stereocenters. The van der Waals surface area contributed by atoms with Gasteiger partial charge in [-0.1, -0.05) is 6.58 Å². The van der Waals surface area contributed by atoms with Gasteiger partial charge in [-0.3, -0.25) is 9.78 Å². The summed E-state index contributed by atoms with van der Waals surface area (Å²) in [5.74, 6) is 3.07. The Bertz CT molecular complexity index is 942. The van der Waals surface area contributed by atoms with Crippen molar-refractivity contribution in [1.29, 1.82) is 0 Å². The van der Waals surface area contributed by atoms with Crippen molar-refractivity contribution in [2.75, 3.05) is 6.61 Å². The molecule has 2 aliphatic rings. The van der Waals surface area contributed by atoms with E-state index in [0.717, 1.165) is 61.7 Å². The zero-order valence-electron chi connectivity index (χ0n) is 19.2. The van der Waals surface area contributed by atoms with Crippen LogP contribution >= 0.6 is 0 Å². The van der Waals surface area contributed by atoms with E-state index < -0.39 is 0 Å². The number of carbonyl (C=O) groups excluding carboxylic acids is 1. The van der Waals surface area contributed by atoms with E-state index in [1.54, 1.807) is 0 Å². The summed E-state index contributed by atoms with van der Waals surface area (Å²) in [6.07, 6.45) is 10.2. The van der Waals surface area contributed by atoms with Gasteiger partial charge >= 0.3 is 0 Å². The fourth-order valence-corrected chi connectivity index (χ4v) is 4.31. The molecule has 1 aromatic carbocycles. The molecule has 0 bridgehead atoms. The summed E-state index contributed by atoms with van der Waals surface area (Å²) in [6.45, 7) is 8.35. The number of nitrogens with one attached hydrogen (secondary N) is 1. The highest BCUT2D eigenvalue weighted by Gasteiger charge is 2.24. The summed E-state index contributed by atoms with van der Waals surface area (Å²) in [4.78, 5) is 15.9. The first-order chi connectivity index (χ1) is 15.5. The van der Waals surface area contributed by atoms with Gasteiger partial charge in [0.1, 0.15) is 11.5 Å². The number of benzene rings is 1. The number of hydrogen-bond acceptors (Lipinski definition) is 4. The Morgan fingerprint density at radius 1 is 1.06 bits per heavy atom. The van der Waals surface area contributed by atoms with E-state index in [-0.39, 0.29) is 12.0 Å². The molecule has 1 amide bonds. The lowest BCUT2D eigenvalue weighted by molar-refractivity contribution is -0.117. The number of hydrogen-bond donors (Lipinski definition) is 1. The van der Waals surface area contributed by atoms with Crippen LogP contribution in [0.4, 0.5) is 0 Å². The first-order valence-corrected chi connectivity index (χ1v) is 11.8. The Labute approximate surface area is 191 Å². The zero-order valence-corrected chi connectivity index (χ0v) is 19.2. The molecular formula is C27H34N2O3. The largest absolute Gasteiger partial charge is 0.492 e. The fourth-order valence-electron chi connectivity index (χ4n) is 4.31. The average Bonchev–Trinajstić information content (AvgIpc) is 3.60. The van der Waals surface area contributed by atoms with Crippen LogP contribution in [-0.2, 0) is 11.2 Å². The lowest BCUT2D eigenvalue weighted by atomic mass is 9.84. The van der Waals surface area contributed by atoms with E-state index in [2.05, 4.69) is 24.9 Å². The molecule has 32 heavy (non-hydrogen) atoms. The van der Waals surface area contributed by atoms with Crippen molar-refractivity contribution in [1.82, 2.24) is 10.3 Å². The Morgan fingerprint density at radius 2 is 1.75 bits per heavy atom. The number of aromatic nitrogens is 1. The van der Waals surface area contributed by atoms with Crippen LogP contribution in [-0.4, -0.2) is 23.6 Å². The van der Waals surface area contributed by atoms with E-state index in [4.69, 9.17) is 14.5 Å². The monoisotopic (exact) mass is 434 g/mol. The quantitative estimate of drug-likeness (QED) is 0.569. The molecule has 170 valence electrons. The lowest BCUT2D eigenvalue weighted by Crippen LogP contribution is -2.25. The van der Waals surface area contributed by atoms with Gasteiger partial charge in [0.2, 0.25) is 5.91 Å². The van der Waals surface area contributed by atoms with Crippen molar-refractivity contribution in [2.24, 2.45) is 11.8 Å². The van der Waals surface area contributed by atoms with Crippen molar-refractivity contribution in [3.8, 4) is 11.5 Å². The van der Waals surface area contributed by atoms with Crippen LogP contribution < -0.4 is 14.8 Å². The minimum absolute atomic E-state index is 0.115. The highest BCUT2D eigenvalue weighted by molar-refractivity contribution is 5.84. The molecule has 0 radical (unpaired) electrons. The number of ether oxygens (including phenoxy) is 2.